The topological polar surface area (TPSA) is 46.5 Å². The second kappa shape index (κ2) is 6.82. The summed E-state index contributed by atoms with van der Waals surface area (Å²) in [6.45, 7) is 3.19. The first-order chi connectivity index (χ1) is 12.6. The molecule has 1 fully saturated rings. The van der Waals surface area contributed by atoms with Crippen molar-refractivity contribution in [1.82, 2.24) is 0 Å². The maximum absolute atomic E-state index is 13.3. The first kappa shape index (κ1) is 17.2. The van der Waals surface area contributed by atoms with Gasteiger partial charge >= 0.3 is 0 Å². The minimum absolute atomic E-state index is 0.0315. The molecule has 0 saturated carbocycles. The number of aliphatic hydroxyl groups is 1. The number of carbonyl (C=O) groups is 1. The van der Waals surface area contributed by atoms with Crippen LogP contribution in [0, 0.1) is 11.8 Å². The van der Waals surface area contributed by atoms with E-state index >= 15 is 0 Å². The van der Waals surface area contributed by atoms with Gasteiger partial charge in [-0.15, -0.1) is 0 Å². The summed E-state index contributed by atoms with van der Waals surface area (Å²) in [4.78, 5) is 13.3. The third-order valence-electron chi connectivity index (χ3n) is 5.85. The predicted molar refractivity (Wildman–Crippen MR) is 101 cm³/mol. The third-order valence-corrected chi connectivity index (χ3v) is 5.85. The van der Waals surface area contributed by atoms with Gasteiger partial charge in [-0.3, -0.25) is 4.79 Å². The van der Waals surface area contributed by atoms with Gasteiger partial charge in [-0.2, -0.15) is 0 Å². The fraction of sp³-hybridized carbons (Fsp3) is 0.348. The number of ether oxygens (including phenoxy) is 1. The molecule has 1 heterocycles. The van der Waals surface area contributed by atoms with Gasteiger partial charge in [0, 0.05) is 18.8 Å². The van der Waals surface area contributed by atoms with Crippen molar-refractivity contribution in [2.75, 3.05) is 13.2 Å². The Morgan fingerprint density at radius 3 is 2.15 bits per heavy atom. The van der Waals surface area contributed by atoms with E-state index in [1.54, 1.807) is 0 Å². The van der Waals surface area contributed by atoms with Crippen molar-refractivity contribution in [3.8, 4) is 0 Å². The summed E-state index contributed by atoms with van der Waals surface area (Å²) >= 11 is 0. The van der Waals surface area contributed by atoms with Crippen LogP contribution in [0.25, 0.3) is 5.57 Å². The summed E-state index contributed by atoms with van der Waals surface area (Å²) in [7, 11) is 0. The number of benzene rings is 2. The molecule has 0 spiro atoms. The highest BCUT2D eigenvalue weighted by atomic mass is 16.5. The number of ketones is 1. The molecule has 26 heavy (non-hydrogen) atoms. The molecule has 3 heteroatoms. The molecule has 1 aliphatic carbocycles. The van der Waals surface area contributed by atoms with Crippen LogP contribution in [0.4, 0.5) is 0 Å². The maximum atomic E-state index is 13.3. The molecule has 2 aliphatic rings. The van der Waals surface area contributed by atoms with Crippen molar-refractivity contribution in [1.29, 1.82) is 0 Å². The molecule has 3 nitrogen and oxygen atoms in total. The lowest BCUT2D eigenvalue weighted by Crippen LogP contribution is -2.37. The van der Waals surface area contributed by atoms with Crippen LogP contribution >= 0.6 is 0 Å². The Bertz CT molecular complexity index is 819. The molecule has 2 aromatic rings. The largest absolute Gasteiger partial charge is 0.381 e. The summed E-state index contributed by atoms with van der Waals surface area (Å²) < 4.78 is 5.54. The Kier molecular flexibility index (Phi) is 4.51. The second-order valence-electron chi connectivity index (χ2n) is 7.26. The first-order valence-corrected chi connectivity index (χ1v) is 9.34. The molecule has 0 amide bonds. The first-order valence-electron chi connectivity index (χ1n) is 9.34. The highest BCUT2D eigenvalue weighted by Gasteiger charge is 2.53. The van der Waals surface area contributed by atoms with E-state index in [-0.39, 0.29) is 11.7 Å². The highest BCUT2D eigenvalue weighted by molar-refractivity contribution is 6.26. The van der Waals surface area contributed by atoms with Gasteiger partial charge in [0.1, 0.15) is 5.60 Å². The van der Waals surface area contributed by atoms with Crippen LogP contribution in [0.3, 0.4) is 0 Å². The normalized spacial score (nSPS) is 27.2. The molecule has 4 rings (SSSR count). The number of rotatable bonds is 3. The highest BCUT2D eigenvalue weighted by Crippen LogP contribution is 2.53. The second-order valence-corrected chi connectivity index (χ2v) is 7.26. The minimum atomic E-state index is -1.26. The number of carbonyl (C=O) groups excluding carboxylic acids is 1. The quantitative estimate of drug-likeness (QED) is 0.913. The summed E-state index contributed by atoms with van der Waals surface area (Å²) in [5.74, 6) is -0.319. The van der Waals surface area contributed by atoms with Crippen LogP contribution in [0.2, 0.25) is 0 Å². The van der Waals surface area contributed by atoms with Crippen LogP contribution < -0.4 is 0 Å². The zero-order valence-electron chi connectivity index (χ0n) is 15.0. The van der Waals surface area contributed by atoms with Crippen molar-refractivity contribution in [3.05, 3.63) is 77.4 Å². The van der Waals surface area contributed by atoms with Crippen molar-refractivity contribution < 1.29 is 14.6 Å². The SMILES string of the molecule is CC1C(=O)C(c2ccccc2)=C(C2CCOCC2)C1(O)c1ccccc1. The van der Waals surface area contributed by atoms with Crippen molar-refractivity contribution >= 4 is 11.4 Å². The summed E-state index contributed by atoms with van der Waals surface area (Å²) in [6, 6.07) is 19.4. The van der Waals surface area contributed by atoms with Gasteiger partial charge in [0.15, 0.2) is 5.78 Å². The molecule has 2 unspecified atom stereocenters. The van der Waals surface area contributed by atoms with E-state index in [9.17, 15) is 9.90 Å². The Hall–Kier alpha value is -2.23. The van der Waals surface area contributed by atoms with Gasteiger partial charge in [-0.1, -0.05) is 67.6 Å². The zero-order valence-corrected chi connectivity index (χ0v) is 15.0. The van der Waals surface area contributed by atoms with E-state index in [0.29, 0.717) is 18.8 Å². The van der Waals surface area contributed by atoms with Crippen molar-refractivity contribution in [2.45, 2.75) is 25.4 Å². The Balaban J connectivity index is 1.95. The Morgan fingerprint density at radius 1 is 0.962 bits per heavy atom. The number of Topliss-reactive ketones (excluding diaryl/α,β-unsaturated/α-hetero) is 1. The fourth-order valence-electron chi connectivity index (χ4n) is 4.46. The maximum Gasteiger partial charge on any atom is 0.169 e. The average Bonchev–Trinajstić information content (AvgIpc) is 2.92. The molecular weight excluding hydrogens is 324 g/mol. The standard InChI is InChI=1S/C23H24O3/c1-16-22(24)20(17-8-4-2-5-9-17)21(18-12-14-26-15-13-18)23(16,25)19-10-6-3-7-11-19/h2-11,16,18,25H,12-15H2,1H3. The molecule has 0 radical (unpaired) electrons. The smallest absolute Gasteiger partial charge is 0.169 e. The average molecular weight is 348 g/mol. The summed E-state index contributed by atoms with van der Waals surface area (Å²) in [5, 5.41) is 11.9. The minimum Gasteiger partial charge on any atom is -0.381 e. The fourth-order valence-corrected chi connectivity index (χ4v) is 4.46. The van der Waals surface area contributed by atoms with Gasteiger partial charge in [-0.05, 0) is 35.5 Å². The van der Waals surface area contributed by atoms with E-state index in [0.717, 1.165) is 29.5 Å². The monoisotopic (exact) mass is 348 g/mol. The van der Waals surface area contributed by atoms with Crippen LogP contribution in [0.1, 0.15) is 30.9 Å². The van der Waals surface area contributed by atoms with Crippen LogP contribution in [-0.4, -0.2) is 24.1 Å². The van der Waals surface area contributed by atoms with Gasteiger partial charge in [0.05, 0.1) is 5.92 Å². The number of hydrogen-bond acceptors (Lipinski definition) is 3. The van der Waals surface area contributed by atoms with E-state index in [4.69, 9.17) is 4.74 Å². The lowest BCUT2D eigenvalue weighted by atomic mass is 9.74. The van der Waals surface area contributed by atoms with Crippen LogP contribution in [-0.2, 0) is 15.1 Å². The van der Waals surface area contributed by atoms with Crippen molar-refractivity contribution in [2.24, 2.45) is 11.8 Å². The molecule has 0 bridgehead atoms. The predicted octanol–water partition coefficient (Wildman–Crippen LogP) is 3.97. The molecule has 0 aromatic heterocycles. The third kappa shape index (κ3) is 2.63. The molecular formula is C23H24O3. The van der Waals surface area contributed by atoms with E-state index in [1.807, 2.05) is 67.6 Å². The number of hydrogen-bond donors (Lipinski definition) is 1. The lowest BCUT2D eigenvalue weighted by Gasteiger charge is -2.36. The molecule has 2 aromatic carbocycles. The van der Waals surface area contributed by atoms with E-state index in [2.05, 4.69) is 0 Å². The Morgan fingerprint density at radius 2 is 1.54 bits per heavy atom. The summed E-state index contributed by atoms with van der Waals surface area (Å²) in [5.41, 5.74) is 2.03. The van der Waals surface area contributed by atoms with Gasteiger partial charge < -0.3 is 9.84 Å². The molecule has 134 valence electrons. The zero-order chi connectivity index (χ0) is 18.1. The van der Waals surface area contributed by atoms with Crippen LogP contribution in [0.15, 0.2) is 66.2 Å². The van der Waals surface area contributed by atoms with Gasteiger partial charge in [0.2, 0.25) is 0 Å². The molecule has 2 atom stereocenters. The van der Waals surface area contributed by atoms with Crippen molar-refractivity contribution in [3.63, 3.8) is 0 Å². The lowest BCUT2D eigenvalue weighted by molar-refractivity contribution is -0.121. The Labute approximate surface area is 154 Å². The van der Waals surface area contributed by atoms with E-state index < -0.39 is 11.5 Å². The molecule has 1 N–H and O–H groups in total. The molecule has 1 saturated heterocycles. The number of allylic oxidation sites excluding steroid dienone is 1. The molecule has 1 aliphatic heterocycles. The van der Waals surface area contributed by atoms with Gasteiger partial charge in [0.25, 0.3) is 0 Å². The van der Waals surface area contributed by atoms with E-state index in [1.165, 1.54) is 0 Å². The van der Waals surface area contributed by atoms with Crippen LogP contribution in [0.5, 0.6) is 0 Å². The van der Waals surface area contributed by atoms with Gasteiger partial charge in [-0.25, -0.2) is 0 Å². The summed E-state index contributed by atoms with van der Waals surface area (Å²) in [6.07, 6.45) is 1.67.